The van der Waals surface area contributed by atoms with Crippen LogP contribution in [0.2, 0.25) is 0 Å². The second kappa shape index (κ2) is 10.3. The first-order valence-corrected chi connectivity index (χ1v) is 10.2. The third-order valence-corrected chi connectivity index (χ3v) is 5.05. The molecule has 0 aromatic heterocycles. The highest BCUT2D eigenvalue weighted by atomic mass is 16.4. The third kappa shape index (κ3) is 5.71. The van der Waals surface area contributed by atoms with Crippen molar-refractivity contribution < 1.29 is 9.90 Å². The molecular weight excluding hydrogens is 370 g/mol. The third-order valence-electron chi connectivity index (χ3n) is 5.05. The van der Waals surface area contributed by atoms with Crippen LogP contribution in [-0.2, 0) is 0 Å². The molecule has 1 N–H and O–H groups in total. The van der Waals surface area contributed by atoms with E-state index in [2.05, 4.69) is 79.4 Å². The van der Waals surface area contributed by atoms with Crippen molar-refractivity contribution in [1.82, 2.24) is 0 Å². The van der Waals surface area contributed by atoms with Crippen LogP contribution in [0.15, 0.2) is 72.8 Å². The maximum Gasteiger partial charge on any atom is 0.335 e. The summed E-state index contributed by atoms with van der Waals surface area (Å²) in [5.74, 6) is -0.908. The van der Waals surface area contributed by atoms with E-state index >= 15 is 0 Å². The summed E-state index contributed by atoms with van der Waals surface area (Å²) in [6, 6.07) is 23.8. The smallest absolute Gasteiger partial charge is 0.335 e. The Kier molecular flexibility index (Phi) is 7.23. The number of nitrogens with zero attached hydrogens (tertiary/aromatic N) is 1. The van der Waals surface area contributed by atoms with Crippen molar-refractivity contribution in [2.75, 3.05) is 18.0 Å². The largest absolute Gasteiger partial charge is 0.478 e. The topological polar surface area (TPSA) is 40.5 Å². The Labute approximate surface area is 178 Å². The standard InChI is InChI=1S/C27H27NO2/c1-3-28(4-2)26-19-15-24(16-20-26)12-10-22-7-5-21(6-8-22)9-11-23-13-17-25(18-14-23)27(29)30/h5-20H,3-4H2,1-2H3,(H,29,30)/b11-9+,12-10+. The first kappa shape index (κ1) is 21.1. The zero-order valence-corrected chi connectivity index (χ0v) is 17.5. The molecule has 0 aliphatic carbocycles. The number of anilines is 1. The summed E-state index contributed by atoms with van der Waals surface area (Å²) < 4.78 is 0. The van der Waals surface area contributed by atoms with Gasteiger partial charge in [0.1, 0.15) is 0 Å². The van der Waals surface area contributed by atoms with Gasteiger partial charge in [0.05, 0.1) is 5.56 Å². The van der Waals surface area contributed by atoms with Crippen LogP contribution in [0, 0.1) is 0 Å². The Morgan fingerprint density at radius 1 is 0.667 bits per heavy atom. The van der Waals surface area contributed by atoms with Gasteiger partial charge in [-0.05, 0) is 60.4 Å². The molecule has 0 spiro atoms. The van der Waals surface area contributed by atoms with Crippen molar-refractivity contribution in [2.45, 2.75) is 13.8 Å². The molecule has 0 saturated heterocycles. The summed E-state index contributed by atoms with van der Waals surface area (Å²) in [5.41, 5.74) is 5.94. The predicted molar refractivity (Wildman–Crippen MR) is 128 cm³/mol. The zero-order chi connectivity index (χ0) is 21.3. The summed E-state index contributed by atoms with van der Waals surface area (Å²) in [7, 11) is 0. The van der Waals surface area contributed by atoms with Crippen molar-refractivity contribution in [2.24, 2.45) is 0 Å². The molecule has 0 saturated carbocycles. The second-order valence-corrected chi connectivity index (χ2v) is 7.02. The second-order valence-electron chi connectivity index (χ2n) is 7.02. The molecule has 0 aliphatic rings. The fraction of sp³-hybridized carbons (Fsp3) is 0.148. The first-order valence-electron chi connectivity index (χ1n) is 10.2. The van der Waals surface area contributed by atoms with Gasteiger partial charge in [-0.25, -0.2) is 4.79 Å². The lowest BCUT2D eigenvalue weighted by Gasteiger charge is -2.20. The fourth-order valence-electron chi connectivity index (χ4n) is 3.22. The van der Waals surface area contributed by atoms with Gasteiger partial charge in [0.2, 0.25) is 0 Å². The summed E-state index contributed by atoms with van der Waals surface area (Å²) in [6.07, 6.45) is 8.24. The van der Waals surface area contributed by atoms with E-state index in [0.29, 0.717) is 5.56 Å². The van der Waals surface area contributed by atoms with E-state index in [1.807, 2.05) is 24.3 Å². The Bertz CT molecular complexity index is 1010. The fourth-order valence-corrected chi connectivity index (χ4v) is 3.22. The van der Waals surface area contributed by atoms with Crippen LogP contribution in [0.5, 0.6) is 0 Å². The van der Waals surface area contributed by atoms with Crippen LogP contribution in [0.4, 0.5) is 5.69 Å². The van der Waals surface area contributed by atoms with Gasteiger partial charge >= 0.3 is 5.97 Å². The van der Waals surface area contributed by atoms with Crippen LogP contribution in [0.25, 0.3) is 24.3 Å². The van der Waals surface area contributed by atoms with Crippen molar-refractivity contribution in [3.8, 4) is 0 Å². The molecule has 3 nitrogen and oxygen atoms in total. The van der Waals surface area contributed by atoms with Crippen LogP contribution in [0.3, 0.4) is 0 Å². The summed E-state index contributed by atoms with van der Waals surface area (Å²) in [6.45, 7) is 6.37. The molecule has 3 aromatic rings. The summed E-state index contributed by atoms with van der Waals surface area (Å²) in [4.78, 5) is 13.2. The van der Waals surface area contributed by atoms with Gasteiger partial charge in [0.15, 0.2) is 0 Å². The average molecular weight is 398 g/mol. The van der Waals surface area contributed by atoms with Crippen LogP contribution in [-0.4, -0.2) is 24.2 Å². The van der Waals surface area contributed by atoms with E-state index in [0.717, 1.165) is 29.8 Å². The van der Waals surface area contributed by atoms with Gasteiger partial charge in [-0.3, -0.25) is 0 Å². The number of hydrogen-bond donors (Lipinski definition) is 1. The molecular formula is C27H27NO2. The van der Waals surface area contributed by atoms with Crippen LogP contribution >= 0.6 is 0 Å². The number of carboxylic acid groups (broad SMARTS) is 1. The van der Waals surface area contributed by atoms with Crippen molar-refractivity contribution in [1.29, 1.82) is 0 Å². The number of hydrogen-bond acceptors (Lipinski definition) is 2. The highest BCUT2D eigenvalue weighted by Gasteiger charge is 2.01. The first-order chi connectivity index (χ1) is 14.6. The molecule has 30 heavy (non-hydrogen) atoms. The minimum Gasteiger partial charge on any atom is -0.478 e. The Morgan fingerprint density at radius 3 is 1.33 bits per heavy atom. The molecule has 0 amide bonds. The molecule has 0 bridgehead atoms. The molecule has 0 atom stereocenters. The van der Waals surface area contributed by atoms with E-state index < -0.39 is 5.97 Å². The normalized spacial score (nSPS) is 11.3. The monoisotopic (exact) mass is 397 g/mol. The van der Waals surface area contributed by atoms with Crippen molar-refractivity contribution in [3.63, 3.8) is 0 Å². The number of aromatic carboxylic acids is 1. The number of rotatable bonds is 8. The molecule has 3 heteroatoms. The highest BCUT2D eigenvalue weighted by molar-refractivity contribution is 5.88. The number of carbonyl (C=O) groups is 1. The summed E-state index contributed by atoms with van der Waals surface area (Å²) in [5, 5.41) is 8.96. The van der Waals surface area contributed by atoms with Gasteiger partial charge < -0.3 is 10.0 Å². The number of benzene rings is 3. The van der Waals surface area contributed by atoms with Gasteiger partial charge in [-0.2, -0.15) is 0 Å². The average Bonchev–Trinajstić information content (AvgIpc) is 2.79. The summed E-state index contributed by atoms with van der Waals surface area (Å²) >= 11 is 0. The lowest BCUT2D eigenvalue weighted by atomic mass is 10.1. The van der Waals surface area contributed by atoms with E-state index in [9.17, 15) is 4.79 Å². The van der Waals surface area contributed by atoms with E-state index in [1.165, 1.54) is 11.3 Å². The van der Waals surface area contributed by atoms with E-state index in [1.54, 1.807) is 12.1 Å². The predicted octanol–water partition coefficient (Wildman–Crippen LogP) is 6.57. The minimum absolute atomic E-state index is 0.297. The Hall–Kier alpha value is -3.59. The van der Waals surface area contributed by atoms with E-state index in [4.69, 9.17) is 5.11 Å². The Morgan fingerprint density at radius 2 is 1.00 bits per heavy atom. The molecule has 0 heterocycles. The number of carboxylic acids is 1. The SMILES string of the molecule is CCN(CC)c1ccc(/C=C/c2ccc(/C=C/c3ccc(C(=O)O)cc3)cc2)cc1. The highest BCUT2D eigenvalue weighted by Crippen LogP contribution is 2.17. The van der Waals surface area contributed by atoms with Gasteiger partial charge in [0, 0.05) is 18.8 Å². The quantitative estimate of drug-likeness (QED) is 0.437. The Balaban J connectivity index is 1.62. The zero-order valence-electron chi connectivity index (χ0n) is 17.5. The van der Waals surface area contributed by atoms with E-state index in [-0.39, 0.29) is 0 Å². The molecule has 0 unspecified atom stereocenters. The minimum atomic E-state index is -0.908. The van der Waals surface area contributed by atoms with Gasteiger partial charge in [0.25, 0.3) is 0 Å². The molecule has 152 valence electrons. The lowest BCUT2D eigenvalue weighted by Crippen LogP contribution is -2.21. The lowest BCUT2D eigenvalue weighted by molar-refractivity contribution is 0.0697. The maximum absolute atomic E-state index is 10.9. The molecule has 3 aromatic carbocycles. The van der Waals surface area contributed by atoms with Crippen LogP contribution in [0.1, 0.15) is 46.5 Å². The van der Waals surface area contributed by atoms with Crippen LogP contribution < -0.4 is 4.90 Å². The van der Waals surface area contributed by atoms with Gasteiger partial charge in [-0.1, -0.05) is 72.8 Å². The molecule has 0 radical (unpaired) electrons. The van der Waals surface area contributed by atoms with Crippen molar-refractivity contribution >= 4 is 36.0 Å². The molecule has 0 aliphatic heterocycles. The molecule has 3 rings (SSSR count). The maximum atomic E-state index is 10.9. The molecule has 0 fully saturated rings. The van der Waals surface area contributed by atoms with Gasteiger partial charge in [-0.15, -0.1) is 0 Å². The van der Waals surface area contributed by atoms with Crippen molar-refractivity contribution in [3.05, 3.63) is 101 Å².